The highest BCUT2D eigenvalue weighted by molar-refractivity contribution is 6.66. The molecule has 1 unspecified atom stereocenters. The van der Waals surface area contributed by atoms with Crippen LogP contribution in [0, 0.1) is 28.7 Å². The Morgan fingerprint density at radius 2 is 1.71 bits per heavy atom. The Morgan fingerprint density at radius 3 is 2.24 bits per heavy atom. The minimum Gasteiger partial charge on any atom is -0.483 e. The Hall–Kier alpha value is -5.09. The Balaban J connectivity index is 0.00000243. The second-order valence-electron chi connectivity index (χ2n) is 8.93. The van der Waals surface area contributed by atoms with Crippen LogP contribution in [-0.2, 0) is 13.2 Å². The first-order valence-electron chi connectivity index (χ1n) is 13.9. The largest absolute Gasteiger partial charge is 0.483 e. The number of amides is 2. The number of pyridine rings is 1. The summed E-state index contributed by atoms with van der Waals surface area (Å²) >= 11 is 0. The van der Waals surface area contributed by atoms with Gasteiger partial charge in [-0.2, -0.15) is 0 Å². The highest BCUT2D eigenvalue weighted by Gasteiger charge is 2.31. The van der Waals surface area contributed by atoms with Crippen molar-refractivity contribution in [1.29, 1.82) is 5.26 Å². The number of hydrogen-bond donors (Lipinski definition) is 3. The summed E-state index contributed by atoms with van der Waals surface area (Å²) in [4.78, 5) is 40.2. The first kappa shape index (κ1) is 37.9. The van der Waals surface area contributed by atoms with Gasteiger partial charge in [-0.15, -0.1) is 13.2 Å². The highest BCUT2D eigenvalue weighted by atomic mass is 19.1. The van der Waals surface area contributed by atoms with Crippen LogP contribution in [0.4, 0.5) is 13.2 Å². The summed E-state index contributed by atoms with van der Waals surface area (Å²) in [6, 6.07) is 9.07. The minimum absolute atomic E-state index is 0.0296. The van der Waals surface area contributed by atoms with Crippen molar-refractivity contribution in [3.8, 4) is 11.7 Å². The molecule has 3 aromatic rings. The van der Waals surface area contributed by atoms with Crippen LogP contribution in [0.3, 0.4) is 0 Å². The van der Waals surface area contributed by atoms with Gasteiger partial charge in [0.05, 0.1) is 0 Å². The van der Waals surface area contributed by atoms with Crippen LogP contribution in [0.15, 0.2) is 78.8 Å². The van der Waals surface area contributed by atoms with Gasteiger partial charge in [-0.05, 0) is 18.8 Å². The number of allylic oxidation sites excluding steroid dienone is 1. The molecule has 45 heavy (non-hydrogen) atoms. The molecule has 238 valence electrons. The third-order valence-corrected chi connectivity index (χ3v) is 6.00. The molecule has 3 rings (SSSR count). The fourth-order valence-electron chi connectivity index (χ4n) is 3.83. The number of benzene rings is 2. The van der Waals surface area contributed by atoms with Gasteiger partial charge in [-0.25, -0.2) is 18.4 Å². The number of aliphatic hydroxyl groups is 1. The van der Waals surface area contributed by atoms with E-state index in [0.717, 1.165) is 17.8 Å². The fourth-order valence-corrected chi connectivity index (χ4v) is 3.83. The van der Waals surface area contributed by atoms with E-state index in [9.17, 15) is 32.8 Å². The Labute approximate surface area is 260 Å². The van der Waals surface area contributed by atoms with Crippen molar-refractivity contribution < 1.29 is 32.6 Å². The number of aromatic nitrogens is 1. The number of carbonyl (C=O) groups excluding carboxylic acids is 2. The molecule has 13 heteroatoms. The quantitative estimate of drug-likeness (QED) is 0.196. The monoisotopic (exact) mass is 624 g/mol. The number of nitrogens with zero attached hydrogens (tertiary/aromatic N) is 2. The number of nitrogens with one attached hydrogen (secondary N) is 2. The Morgan fingerprint density at radius 1 is 1.11 bits per heavy atom. The molecular weight excluding hydrogens is 588 g/mol. The van der Waals surface area contributed by atoms with Crippen molar-refractivity contribution >= 4 is 18.7 Å². The molecule has 0 saturated heterocycles. The van der Waals surface area contributed by atoms with E-state index in [1.165, 1.54) is 12.2 Å². The molecule has 2 amide bonds. The van der Waals surface area contributed by atoms with E-state index in [1.54, 1.807) is 37.3 Å². The van der Waals surface area contributed by atoms with Crippen molar-refractivity contribution in [2.45, 2.75) is 46.3 Å². The fraction of sp³-hybridized carbons (Fsp3) is 0.250. The lowest BCUT2D eigenvalue weighted by molar-refractivity contribution is 0.0924. The minimum atomic E-state index is -1.23. The normalized spacial score (nSPS) is 10.4. The molecule has 1 atom stereocenters. The molecule has 1 heterocycles. The molecule has 9 nitrogen and oxygen atoms in total. The highest BCUT2D eigenvalue weighted by Crippen LogP contribution is 2.20. The maximum Gasteiger partial charge on any atom is 0.386 e. The summed E-state index contributed by atoms with van der Waals surface area (Å²) in [5.41, 5.74) is -1.86. The zero-order valence-corrected chi connectivity index (χ0v) is 25.6. The molecule has 0 saturated carbocycles. The number of halogens is 3. The van der Waals surface area contributed by atoms with E-state index >= 15 is 0 Å². The van der Waals surface area contributed by atoms with E-state index in [-0.39, 0.29) is 18.6 Å². The van der Waals surface area contributed by atoms with E-state index in [2.05, 4.69) is 23.8 Å². The molecule has 3 N–H and O–H groups in total. The number of hydrogen-bond acceptors (Lipinski definition) is 6. The first-order valence-corrected chi connectivity index (χ1v) is 13.9. The zero-order chi connectivity index (χ0) is 34.1. The first-order chi connectivity index (χ1) is 21.6. The lowest BCUT2D eigenvalue weighted by Gasteiger charge is -2.21. The Bertz CT molecular complexity index is 1550. The van der Waals surface area contributed by atoms with Crippen LogP contribution in [0.5, 0.6) is 5.75 Å². The standard InChI is InChI=1S/C29H26BF3N4O4.C2H6.CH4O/c1-4-11-30(17-34)37-15-22(28(39)35-14-21-23(32)12-20(31)13-24(21)33)26(38)27(25(37)29(40)36-18(3)5-2)41-16-19-9-7-6-8-10-19;2*1-2/h4-10,12-13,15,18H,1-2,11,14,16H2,3H3,(H,35,39)(H,36,40);1-2H3;2H,1H3. The molecule has 0 fully saturated rings. The lowest BCUT2D eigenvalue weighted by Crippen LogP contribution is -2.40. The molecule has 0 aliphatic heterocycles. The molecule has 2 aromatic carbocycles. The smallest absolute Gasteiger partial charge is 0.386 e. The van der Waals surface area contributed by atoms with Crippen molar-refractivity contribution in [2.24, 2.45) is 0 Å². The average molecular weight is 624 g/mol. The van der Waals surface area contributed by atoms with E-state index < -0.39 is 71.0 Å². The molecule has 1 aromatic heterocycles. The topological polar surface area (TPSA) is 133 Å². The summed E-state index contributed by atoms with van der Waals surface area (Å²) < 4.78 is 48.5. The molecule has 0 bridgehead atoms. The van der Waals surface area contributed by atoms with Gasteiger partial charge in [0.25, 0.3) is 11.8 Å². The van der Waals surface area contributed by atoms with Crippen LogP contribution in [-0.4, -0.2) is 41.4 Å². The second kappa shape index (κ2) is 19.2. The summed E-state index contributed by atoms with van der Waals surface area (Å²) in [6.45, 7) is 10.9. The summed E-state index contributed by atoms with van der Waals surface area (Å²) in [6.07, 6.45) is 3.91. The number of nitriles is 1. The third kappa shape index (κ3) is 10.3. The SMILES string of the molecule is C=CCB(C#N)n1cc(C(=O)NCc2c(F)cc(F)cc2F)c(=O)c(OCc2ccccc2)c1C(=O)NC(C)C=C.CC.CO. The summed E-state index contributed by atoms with van der Waals surface area (Å²) in [5.74, 6) is -3.94. The van der Waals surface area contributed by atoms with Gasteiger partial charge in [-0.3, -0.25) is 14.4 Å². The van der Waals surface area contributed by atoms with Crippen LogP contribution < -0.4 is 20.8 Å². The number of rotatable bonds is 12. The van der Waals surface area contributed by atoms with Gasteiger partial charge in [0.1, 0.15) is 35.3 Å². The van der Waals surface area contributed by atoms with Crippen LogP contribution in [0.2, 0.25) is 6.32 Å². The van der Waals surface area contributed by atoms with Crippen LogP contribution in [0.25, 0.3) is 0 Å². The average Bonchev–Trinajstić information content (AvgIpc) is 3.04. The van der Waals surface area contributed by atoms with Gasteiger partial charge in [0.15, 0.2) is 5.75 Å². The second-order valence-corrected chi connectivity index (χ2v) is 8.93. The van der Waals surface area contributed by atoms with Gasteiger partial charge in [0, 0.05) is 49.6 Å². The van der Waals surface area contributed by atoms with Crippen LogP contribution >= 0.6 is 0 Å². The molecular formula is C32H36BF3N4O5. The van der Waals surface area contributed by atoms with Crippen LogP contribution in [0.1, 0.15) is 52.7 Å². The predicted octanol–water partition coefficient (Wildman–Crippen LogP) is 4.80. The zero-order valence-electron chi connectivity index (χ0n) is 25.6. The number of aliphatic hydroxyl groups excluding tert-OH is 1. The summed E-state index contributed by atoms with van der Waals surface area (Å²) in [7, 11) is 1.00. The van der Waals surface area contributed by atoms with Crippen molar-refractivity contribution in [1.82, 2.24) is 15.1 Å². The van der Waals surface area contributed by atoms with E-state index in [1.807, 2.05) is 19.8 Å². The van der Waals surface area contributed by atoms with Crippen molar-refractivity contribution in [3.05, 3.63) is 124 Å². The van der Waals surface area contributed by atoms with Crippen molar-refractivity contribution in [2.75, 3.05) is 7.11 Å². The molecule has 0 aliphatic rings. The van der Waals surface area contributed by atoms with Gasteiger partial charge in [-0.1, -0.05) is 56.3 Å². The number of ether oxygens (including phenoxy) is 1. The number of carbonyl (C=O) groups is 2. The van der Waals surface area contributed by atoms with Gasteiger partial charge < -0.3 is 25.0 Å². The molecule has 0 radical (unpaired) electrons. The van der Waals surface area contributed by atoms with E-state index in [4.69, 9.17) is 9.84 Å². The van der Waals surface area contributed by atoms with Gasteiger partial charge >= 0.3 is 6.85 Å². The van der Waals surface area contributed by atoms with E-state index in [0.29, 0.717) is 17.7 Å². The molecule has 0 aliphatic carbocycles. The predicted molar refractivity (Wildman–Crippen MR) is 167 cm³/mol. The third-order valence-electron chi connectivity index (χ3n) is 6.00. The Kier molecular flexibility index (Phi) is 16.2. The maximum absolute atomic E-state index is 14.1. The van der Waals surface area contributed by atoms with Crippen molar-refractivity contribution in [3.63, 3.8) is 0 Å². The van der Waals surface area contributed by atoms with Gasteiger partial charge in [0.2, 0.25) is 5.43 Å². The lowest BCUT2D eigenvalue weighted by atomic mass is 9.60. The maximum atomic E-state index is 14.1. The summed E-state index contributed by atoms with van der Waals surface area (Å²) in [5, 5.41) is 21.8. The molecule has 0 spiro atoms.